The van der Waals surface area contributed by atoms with Crippen molar-refractivity contribution in [1.82, 2.24) is 4.90 Å². The molecule has 0 aromatic heterocycles. The van der Waals surface area contributed by atoms with Gasteiger partial charge in [0, 0.05) is 22.8 Å². The summed E-state index contributed by atoms with van der Waals surface area (Å²) in [6.45, 7) is 4.48. The highest BCUT2D eigenvalue weighted by Gasteiger charge is 2.15. The van der Waals surface area contributed by atoms with Crippen molar-refractivity contribution >= 4 is 39.5 Å². The first-order valence-corrected chi connectivity index (χ1v) is 9.37. The molecule has 0 aliphatic heterocycles. The Morgan fingerprint density at radius 3 is 2.50 bits per heavy atom. The number of carbonyl (C=O) groups excluding carboxylic acids is 2. The quantitative estimate of drug-likeness (QED) is 0.670. The van der Waals surface area contributed by atoms with Crippen LogP contribution in [0.4, 0.5) is 5.69 Å². The molecule has 2 amide bonds. The summed E-state index contributed by atoms with van der Waals surface area (Å²) in [7, 11) is 0. The second kappa shape index (κ2) is 9.92. The SMILES string of the molecule is CCCN(CC(=O)Nc1ccccc1C)C(=O)/C=C/c1ccccc1Br. The number of hydrogen-bond acceptors (Lipinski definition) is 2. The van der Waals surface area contributed by atoms with Gasteiger partial charge in [-0.2, -0.15) is 0 Å². The van der Waals surface area contributed by atoms with Crippen molar-refractivity contribution in [2.45, 2.75) is 20.3 Å². The van der Waals surface area contributed by atoms with Crippen molar-refractivity contribution < 1.29 is 9.59 Å². The van der Waals surface area contributed by atoms with Gasteiger partial charge >= 0.3 is 0 Å². The second-order valence-corrected chi connectivity index (χ2v) is 6.83. The first kappa shape index (κ1) is 19.9. The van der Waals surface area contributed by atoms with E-state index in [1.165, 1.54) is 6.08 Å². The first-order valence-electron chi connectivity index (χ1n) is 8.58. The highest BCUT2D eigenvalue weighted by atomic mass is 79.9. The zero-order chi connectivity index (χ0) is 18.9. The van der Waals surface area contributed by atoms with Gasteiger partial charge in [0.05, 0.1) is 0 Å². The van der Waals surface area contributed by atoms with E-state index in [2.05, 4.69) is 21.2 Å². The zero-order valence-electron chi connectivity index (χ0n) is 15.0. The lowest BCUT2D eigenvalue weighted by molar-refractivity contribution is -0.130. The number of aryl methyl sites for hydroxylation is 1. The molecule has 0 saturated carbocycles. The zero-order valence-corrected chi connectivity index (χ0v) is 16.6. The van der Waals surface area contributed by atoms with Crippen molar-refractivity contribution in [3.63, 3.8) is 0 Å². The summed E-state index contributed by atoms with van der Waals surface area (Å²) in [5, 5.41) is 2.87. The first-order chi connectivity index (χ1) is 12.5. The van der Waals surface area contributed by atoms with Crippen LogP contribution in [-0.4, -0.2) is 29.8 Å². The van der Waals surface area contributed by atoms with E-state index in [-0.39, 0.29) is 18.4 Å². The molecule has 0 unspecified atom stereocenters. The number of benzene rings is 2. The summed E-state index contributed by atoms with van der Waals surface area (Å²) in [5.41, 5.74) is 2.68. The van der Waals surface area contributed by atoms with Gasteiger partial charge in [-0.25, -0.2) is 0 Å². The van der Waals surface area contributed by atoms with Gasteiger partial charge in [-0.15, -0.1) is 0 Å². The van der Waals surface area contributed by atoms with E-state index >= 15 is 0 Å². The van der Waals surface area contributed by atoms with E-state index in [0.29, 0.717) is 6.54 Å². The molecule has 0 fully saturated rings. The third-order valence-electron chi connectivity index (χ3n) is 3.87. The predicted molar refractivity (Wildman–Crippen MR) is 110 cm³/mol. The second-order valence-electron chi connectivity index (χ2n) is 5.98. The van der Waals surface area contributed by atoms with Gasteiger partial charge in [0.2, 0.25) is 11.8 Å². The number of para-hydroxylation sites is 1. The van der Waals surface area contributed by atoms with E-state index in [0.717, 1.165) is 27.7 Å². The average Bonchev–Trinajstić information content (AvgIpc) is 2.62. The fraction of sp³-hybridized carbons (Fsp3) is 0.238. The van der Waals surface area contributed by atoms with Crippen molar-refractivity contribution in [2.75, 3.05) is 18.4 Å². The number of rotatable bonds is 7. The van der Waals surface area contributed by atoms with Crippen LogP contribution in [0.2, 0.25) is 0 Å². The third kappa shape index (κ3) is 5.85. The highest BCUT2D eigenvalue weighted by molar-refractivity contribution is 9.10. The highest BCUT2D eigenvalue weighted by Crippen LogP contribution is 2.17. The molecule has 0 radical (unpaired) electrons. The van der Waals surface area contributed by atoms with E-state index in [1.807, 2.05) is 62.4 Å². The van der Waals surface area contributed by atoms with Gasteiger partial charge < -0.3 is 10.2 Å². The van der Waals surface area contributed by atoms with Crippen LogP contribution in [0.3, 0.4) is 0 Å². The lowest BCUT2D eigenvalue weighted by Gasteiger charge is -2.20. The molecule has 1 N–H and O–H groups in total. The van der Waals surface area contributed by atoms with Crippen LogP contribution in [-0.2, 0) is 9.59 Å². The monoisotopic (exact) mass is 414 g/mol. The maximum atomic E-state index is 12.5. The number of anilines is 1. The van der Waals surface area contributed by atoms with Gasteiger partial charge in [0.1, 0.15) is 6.54 Å². The largest absolute Gasteiger partial charge is 0.330 e. The van der Waals surface area contributed by atoms with Crippen molar-refractivity contribution in [2.24, 2.45) is 0 Å². The molecule has 2 aromatic rings. The van der Waals surface area contributed by atoms with E-state index in [4.69, 9.17) is 0 Å². The smallest absolute Gasteiger partial charge is 0.247 e. The molecule has 0 bridgehead atoms. The molecule has 26 heavy (non-hydrogen) atoms. The van der Waals surface area contributed by atoms with Crippen molar-refractivity contribution in [1.29, 1.82) is 0 Å². The van der Waals surface area contributed by atoms with Gasteiger partial charge in [0.25, 0.3) is 0 Å². The molecule has 4 nitrogen and oxygen atoms in total. The third-order valence-corrected chi connectivity index (χ3v) is 4.59. The topological polar surface area (TPSA) is 49.4 Å². The van der Waals surface area contributed by atoms with Crippen LogP contribution < -0.4 is 5.32 Å². The minimum absolute atomic E-state index is 0.0291. The molecule has 0 saturated heterocycles. The lowest BCUT2D eigenvalue weighted by Crippen LogP contribution is -2.37. The molecular weight excluding hydrogens is 392 g/mol. The Bertz CT molecular complexity index is 802. The number of halogens is 1. The summed E-state index contributed by atoms with van der Waals surface area (Å²) in [6.07, 6.45) is 4.05. The molecule has 0 aliphatic rings. The van der Waals surface area contributed by atoms with Gasteiger partial charge in [-0.1, -0.05) is 59.3 Å². The van der Waals surface area contributed by atoms with Crippen LogP contribution in [0, 0.1) is 6.92 Å². The van der Waals surface area contributed by atoms with E-state index in [1.54, 1.807) is 11.0 Å². The van der Waals surface area contributed by atoms with Crippen LogP contribution in [0.25, 0.3) is 6.08 Å². The number of amides is 2. The normalized spacial score (nSPS) is 10.7. The molecule has 0 heterocycles. The fourth-order valence-corrected chi connectivity index (χ4v) is 2.91. The maximum absolute atomic E-state index is 12.5. The van der Waals surface area contributed by atoms with Crippen LogP contribution >= 0.6 is 15.9 Å². The number of hydrogen-bond donors (Lipinski definition) is 1. The lowest BCUT2D eigenvalue weighted by atomic mass is 10.2. The Balaban J connectivity index is 2.03. The Labute approximate surface area is 163 Å². The van der Waals surface area contributed by atoms with Crippen molar-refractivity contribution in [3.05, 3.63) is 70.2 Å². The van der Waals surface area contributed by atoms with E-state index < -0.39 is 0 Å². The standard InChI is InChI=1S/C21H23BrN2O2/c1-3-14-24(15-20(25)23-19-11-7-4-8-16(19)2)21(26)13-12-17-9-5-6-10-18(17)22/h4-13H,3,14-15H2,1-2H3,(H,23,25)/b13-12+. The minimum atomic E-state index is -0.199. The Hall–Kier alpha value is -2.40. The Kier molecular flexibility index (Phi) is 7.60. The molecule has 2 aromatic carbocycles. The molecule has 2 rings (SSSR count). The Morgan fingerprint density at radius 1 is 1.12 bits per heavy atom. The van der Waals surface area contributed by atoms with Crippen LogP contribution in [0.5, 0.6) is 0 Å². The fourth-order valence-electron chi connectivity index (χ4n) is 2.49. The summed E-state index contributed by atoms with van der Waals surface area (Å²) in [6, 6.07) is 15.3. The van der Waals surface area contributed by atoms with Gasteiger partial charge in [0.15, 0.2) is 0 Å². The molecule has 136 valence electrons. The molecule has 0 atom stereocenters. The Morgan fingerprint density at radius 2 is 1.81 bits per heavy atom. The van der Waals surface area contributed by atoms with Crippen LogP contribution in [0.1, 0.15) is 24.5 Å². The number of nitrogens with one attached hydrogen (secondary N) is 1. The summed E-state index contributed by atoms with van der Waals surface area (Å²) in [4.78, 5) is 26.4. The predicted octanol–water partition coefficient (Wildman–Crippen LogP) is 4.65. The number of carbonyl (C=O) groups is 2. The minimum Gasteiger partial charge on any atom is -0.330 e. The summed E-state index contributed by atoms with van der Waals surface area (Å²) >= 11 is 3.46. The van der Waals surface area contributed by atoms with Crippen LogP contribution in [0.15, 0.2) is 59.1 Å². The summed E-state index contributed by atoms with van der Waals surface area (Å²) < 4.78 is 0.920. The van der Waals surface area contributed by atoms with Gasteiger partial charge in [-0.05, 0) is 42.7 Å². The van der Waals surface area contributed by atoms with E-state index in [9.17, 15) is 9.59 Å². The molecular formula is C21H23BrN2O2. The molecule has 5 heteroatoms. The maximum Gasteiger partial charge on any atom is 0.247 e. The van der Waals surface area contributed by atoms with Gasteiger partial charge in [-0.3, -0.25) is 9.59 Å². The van der Waals surface area contributed by atoms with Crippen molar-refractivity contribution in [3.8, 4) is 0 Å². The molecule has 0 aliphatic carbocycles. The molecule has 0 spiro atoms. The average molecular weight is 415 g/mol. The number of nitrogens with zero attached hydrogens (tertiary/aromatic N) is 1. The summed E-state index contributed by atoms with van der Waals surface area (Å²) in [5.74, 6) is -0.377.